The summed E-state index contributed by atoms with van der Waals surface area (Å²) in [7, 11) is 1.78. The summed E-state index contributed by atoms with van der Waals surface area (Å²) in [6, 6.07) is 2.05. The van der Waals surface area contributed by atoms with Crippen LogP contribution in [0.25, 0.3) is 11.5 Å². The van der Waals surface area contributed by atoms with Crippen molar-refractivity contribution >= 4 is 17.5 Å². The monoisotopic (exact) mass is 405 g/mol. The zero-order valence-corrected chi connectivity index (χ0v) is 16.0. The van der Waals surface area contributed by atoms with Crippen molar-refractivity contribution in [1.29, 1.82) is 0 Å². The van der Waals surface area contributed by atoms with Gasteiger partial charge in [-0.05, 0) is 24.6 Å². The number of rotatable bonds is 3. The van der Waals surface area contributed by atoms with E-state index in [1.165, 1.54) is 6.07 Å². The van der Waals surface area contributed by atoms with E-state index in [9.17, 15) is 9.18 Å². The van der Waals surface area contributed by atoms with Crippen molar-refractivity contribution in [3.63, 3.8) is 0 Å². The molecule has 0 bridgehead atoms. The van der Waals surface area contributed by atoms with Gasteiger partial charge in [0.05, 0.1) is 35.6 Å². The topological polar surface area (TPSA) is 86.3 Å². The van der Waals surface area contributed by atoms with Gasteiger partial charge in [-0.25, -0.2) is 4.39 Å². The van der Waals surface area contributed by atoms with Gasteiger partial charge in [-0.15, -0.1) is 0 Å². The third kappa shape index (κ3) is 3.38. The smallest absolute Gasteiger partial charge is 0.261 e. The Morgan fingerprint density at radius 1 is 1.39 bits per heavy atom. The number of carbonyl (C=O) groups is 1. The van der Waals surface area contributed by atoms with Gasteiger partial charge in [0, 0.05) is 19.8 Å². The van der Waals surface area contributed by atoms with Crippen LogP contribution in [-0.2, 0) is 11.8 Å². The van der Waals surface area contributed by atoms with Crippen LogP contribution in [0.15, 0.2) is 29.0 Å². The molecule has 10 heteroatoms. The maximum Gasteiger partial charge on any atom is 0.261 e. The van der Waals surface area contributed by atoms with Crippen LogP contribution in [0, 0.1) is 12.7 Å². The van der Waals surface area contributed by atoms with Gasteiger partial charge in [0.2, 0.25) is 0 Å². The van der Waals surface area contributed by atoms with E-state index in [1.54, 1.807) is 35.9 Å². The Hall–Kier alpha value is -2.78. The molecule has 1 aliphatic rings. The molecule has 8 nitrogen and oxygen atoms in total. The van der Waals surface area contributed by atoms with Crippen LogP contribution in [0.2, 0.25) is 5.02 Å². The first-order chi connectivity index (χ1) is 13.4. The lowest BCUT2D eigenvalue weighted by Crippen LogP contribution is -2.44. The van der Waals surface area contributed by atoms with E-state index in [2.05, 4.69) is 15.2 Å². The van der Waals surface area contributed by atoms with Crippen molar-refractivity contribution in [3.05, 3.63) is 52.3 Å². The average Bonchev–Trinajstić information content (AvgIpc) is 3.33. The van der Waals surface area contributed by atoms with Crippen LogP contribution in [0.3, 0.4) is 0 Å². The molecule has 1 fully saturated rings. The molecule has 2 aromatic heterocycles. The van der Waals surface area contributed by atoms with Crippen molar-refractivity contribution in [1.82, 2.24) is 24.8 Å². The van der Waals surface area contributed by atoms with Gasteiger partial charge in [0.25, 0.3) is 11.8 Å². The second-order valence-electron chi connectivity index (χ2n) is 6.53. The predicted molar refractivity (Wildman–Crippen MR) is 97.2 cm³/mol. The quantitative estimate of drug-likeness (QED) is 0.666. The van der Waals surface area contributed by atoms with Crippen molar-refractivity contribution in [2.45, 2.75) is 13.0 Å². The molecule has 0 aliphatic carbocycles. The normalized spacial score (nSPS) is 17.1. The number of ether oxygens (including phenoxy) is 1. The molecule has 4 rings (SSSR count). The summed E-state index contributed by atoms with van der Waals surface area (Å²) in [5.41, 5.74) is 1.24. The van der Waals surface area contributed by atoms with Gasteiger partial charge in [0.1, 0.15) is 11.9 Å². The fourth-order valence-corrected chi connectivity index (χ4v) is 3.29. The minimum Gasteiger partial charge on any atom is -0.377 e. The molecule has 0 N–H and O–H groups in total. The van der Waals surface area contributed by atoms with Gasteiger partial charge in [-0.2, -0.15) is 10.1 Å². The lowest BCUT2D eigenvalue weighted by Gasteiger charge is -2.34. The number of benzene rings is 1. The van der Waals surface area contributed by atoms with Crippen LogP contribution in [-0.4, -0.2) is 50.5 Å². The summed E-state index contributed by atoms with van der Waals surface area (Å²) in [4.78, 5) is 19.1. The largest absolute Gasteiger partial charge is 0.377 e. The Bertz CT molecular complexity index is 1030. The van der Waals surface area contributed by atoms with Crippen molar-refractivity contribution < 1.29 is 18.4 Å². The molecule has 0 spiro atoms. The first-order valence-corrected chi connectivity index (χ1v) is 8.99. The molecule has 28 heavy (non-hydrogen) atoms. The third-order valence-corrected chi connectivity index (χ3v) is 4.87. The Morgan fingerprint density at radius 3 is 2.96 bits per heavy atom. The summed E-state index contributed by atoms with van der Waals surface area (Å²) in [6.07, 6.45) is 3.36. The van der Waals surface area contributed by atoms with Crippen LogP contribution >= 0.6 is 11.6 Å². The number of aromatic nitrogens is 4. The van der Waals surface area contributed by atoms with Gasteiger partial charge in [0.15, 0.2) is 5.82 Å². The lowest BCUT2D eigenvalue weighted by atomic mass is 10.1. The fourth-order valence-electron chi connectivity index (χ4n) is 3.06. The second kappa shape index (κ2) is 7.33. The Labute approximate surface area is 164 Å². The van der Waals surface area contributed by atoms with Crippen molar-refractivity contribution in [2.75, 3.05) is 19.8 Å². The number of carbonyl (C=O) groups excluding carboxylic acids is 1. The molecular weight excluding hydrogens is 389 g/mol. The zero-order valence-electron chi connectivity index (χ0n) is 15.2. The van der Waals surface area contributed by atoms with Crippen LogP contribution in [0.1, 0.15) is 27.8 Å². The van der Waals surface area contributed by atoms with E-state index < -0.39 is 11.9 Å². The average molecular weight is 406 g/mol. The Kier molecular flexibility index (Phi) is 4.86. The molecule has 146 valence electrons. The first kappa shape index (κ1) is 18.6. The number of halogens is 2. The molecule has 0 unspecified atom stereocenters. The number of aryl methyl sites for hydroxylation is 2. The third-order valence-electron chi connectivity index (χ3n) is 4.56. The van der Waals surface area contributed by atoms with E-state index in [4.69, 9.17) is 20.9 Å². The molecule has 1 aromatic carbocycles. The first-order valence-electron chi connectivity index (χ1n) is 8.61. The van der Waals surface area contributed by atoms with E-state index in [-0.39, 0.29) is 23.1 Å². The van der Waals surface area contributed by atoms with Crippen molar-refractivity contribution in [2.24, 2.45) is 7.05 Å². The minimum atomic E-state index is -0.545. The highest BCUT2D eigenvalue weighted by Gasteiger charge is 2.34. The van der Waals surface area contributed by atoms with Gasteiger partial charge < -0.3 is 14.2 Å². The molecule has 1 saturated heterocycles. The van der Waals surface area contributed by atoms with Crippen molar-refractivity contribution in [3.8, 4) is 11.5 Å². The van der Waals surface area contributed by atoms with Crippen LogP contribution in [0.4, 0.5) is 4.39 Å². The van der Waals surface area contributed by atoms with Crippen LogP contribution < -0.4 is 0 Å². The van der Waals surface area contributed by atoms with E-state index in [0.717, 1.165) is 6.07 Å². The summed E-state index contributed by atoms with van der Waals surface area (Å²) in [5.74, 6) is -0.174. The molecule has 0 radical (unpaired) electrons. The second-order valence-corrected chi connectivity index (χ2v) is 6.94. The molecule has 0 saturated carbocycles. The SMILES string of the molecule is Cc1cc(C(=O)N2CCOC[C@H]2c2noc(-c3cnn(C)c3)n2)c(Cl)cc1F. The van der Waals surface area contributed by atoms with Gasteiger partial charge in [-0.3, -0.25) is 9.48 Å². The molecule has 1 amide bonds. The zero-order chi connectivity index (χ0) is 19.8. The van der Waals surface area contributed by atoms with Gasteiger partial charge >= 0.3 is 0 Å². The van der Waals surface area contributed by atoms with E-state index in [1.807, 2.05) is 0 Å². The van der Waals surface area contributed by atoms with Gasteiger partial charge in [-0.1, -0.05) is 16.8 Å². The maximum absolute atomic E-state index is 13.7. The standard InChI is InChI=1S/C18H17ClFN5O3/c1-10-5-12(13(19)6-14(10)20)18(26)25-3-4-27-9-15(25)16-22-17(28-23-16)11-7-21-24(2)8-11/h5-8,15H,3-4,9H2,1-2H3/t15-/m0/s1. The molecule has 1 aliphatic heterocycles. The number of amides is 1. The highest BCUT2D eigenvalue weighted by molar-refractivity contribution is 6.33. The summed E-state index contributed by atoms with van der Waals surface area (Å²) in [6.45, 7) is 2.49. The minimum absolute atomic E-state index is 0.0579. The number of hydrogen-bond acceptors (Lipinski definition) is 6. The molecule has 1 atom stereocenters. The fraction of sp³-hybridized carbons (Fsp3) is 0.333. The lowest BCUT2D eigenvalue weighted by molar-refractivity contribution is -0.00576. The van der Waals surface area contributed by atoms with Crippen LogP contribution in [0.5, 0.6) is 0 Å². The number of nitrogens with zero attached hydrogens (tertiary/aromatic N) is 5. The summed E-state index contributed by atoms with van der Waals surface area (Å²) < 4.78 is 26.2. The summed E-state index contributed by atoms with van der Waals surface area (Å²) >= 11 is 6.12. The number of hydrogen-bond donors (Lipinski definition) is 0. The highest BCUT2D eigenvalue weighted by atomic mass is 35.5. The summed E-state index contributed by atoms with van der Waals surface area (Å²) in [5, 5.41) is 8.15. The molecule has 3 aromatic rings. The maximum atomic E-state index is 13.7. The molecule has 3 heterocycles. The van der Waals surface area contributed by atoms with E-state index >= 15 is 0 Å². The molecular formula is C18H17ClFN5O3. The predicted octanol–water partition coefficient (Wildman–Crippen LogP) is 2.78. The highest BCUT2D eigenvalue weighted by Crippen LogP contribution is 2.29. The van der Waals surface area contributed by atoms with E-state index in [0.29, 0.717) is 36.0 Å². The Balaban J connectivity index is 1.64. The number of morpholine rings is 1. The Morgan fingerprint density at radius 2 is 2.21 bits per heavy atom.